The van der Waals surface area contributed by atoms with E-state index in [-0.39, 0.29) is 29.7 Å². The van der Waals surface area contributed by atoms with Gasteiger partial charge in [0.15, 0.2) is 6.61 Å². The lowest BCUT2D eigenvalue weighted by Gasteiger charge is -2.60. The number of rotatable bonds is 6. The number of anilines is 1. The predicted octanol–water partition coefficient (Wildman–Crippen LogP) is 5.93. The van der Waals surface area contributed by atoms with Crippen LogP contribution in [0.1, 0.15) is 101 Å². The maximum atomic E-state index is 12.8. The minimum absolute atomic E-state index is 0.0556. The maximum Gasteiger partial charge on any atom is 0.336 e. The molecule has 3 heterocycles. The molecule has 2 N–H and O–H groups in total. The molecule has 0 bridgehead atoms. The summed E-state index contributed by atoms with van der Waals surface area (Å²) >= 11 is 0. The predicted molar refractivity (Wildman–Crippen MR) is 179 cm³/mol. The van der Waals surface area contributed by atoms with Crippen molar-refractivity contribution in [3.63, 3.8) is 0 Å². The zero-order valence-electron chi connectivity index (χ0n) is 27.7. The van der Waals surface area contributed by atoms with Gasteiger partial charge in [-0.05, 0) is 136 Å². The van der Waals surface area contributed by atoms with Crippen LogP contribution in [0.15, 0.2) is 26.5 Å². The van der Waals surface area contributed by atoms with Crippen LogP contribution in [0.3, 0.4) is 0 Å². The number of hydrogen-bond donors (Lipinski definition) is 2. The standard InChI is InChI=1S/C38H51N3O5/c1-37-14-11-26(42)21-25(37)7-8-27-30-9-10-32(38(30,2)15-12-31(27)37)40-45-22-33(43)39-16-13-23-20-34(44)46-36-28-6-4-18-41-17-3-5-24(35(28)41)19-29(23)36/h19-20,25-27,30-31,42H,3-18,21-22H2,1-2H3,(H,39,43)/b40-32+/t25-,26+,27?,30?,31?,37-,38-/m0/s1. The monoisotopic (exact) mass is 629 g/mol. The van der Waals surface area contributed by atoms with Crippen LogP contribution in [0.2, 0.25) is 0 Å². The molecule has 248 valence electrons. The van der Waals surface area contributed by atoms with E-state index in [0.717, 1.165) is 111 Å². The van der Waals surface area contributed by atoms with Gasteiger partial charge in [0.05, 0.1) is 11.8 Å². The van der Waals surface area contributed by atoms with Gasteiger partial charge in [0, 0.05) is 47.8 Å². The highest BCUT2D eigenvalue weighted by atomic mass is 16.6. The van der Waals surface area contributed by atoms with E-state index < -0.39 is 0 Å². The van der Waals surface area contributed by atoms with Crippen LogP contribution in [0.5, 0.6) is 0 Å². The minimum atomic E-state index is -0.325. The minimum Gasteiger partial charge on any atom is -0.422 e. The van der Waals surface area contributed by atoms with E-state index in [4.69, 9.17) is 9.25 Å². The molecule has 8 heteroatoms. The number of carbonyl (C=O) groups is 1. The molecule has 8 rings (SSSR count). The zero-order chi connectivity index (χ0) is 31.6. The number of hydrogen-bond acceptors (Lipinski definition) is 7. The van der Waals surface area contributed by atoms with Gasteiger partial charge in [0.2, 0.25) is 0 Å². The normalized spacial score (nSPS) is 35.7. The second-order valence-electron chi connectivity index (χ2n) is 16.0. The molecule has 1 amide bonds. The van der Waals surface area contributed by atoms with Gasteiger partial charge in [-0.1, -0.05) is 19.0 Å². The lowest BCUT2D eigenvalue weighted by molar-refractivity contribution is -0.125. The first-order valence-electron chi connectivity index (χ1n) is 18.2. The highest BCUT2D eigenvalue weighted by Crippen LogP contribution is 2.65. The van der Waals surface area contributed by atoms with Crippen molar-refractivity contribution in [3.05, 3.63) is 39.2 Å². The summed E-state index contributed by atoms with van der Waals surface area (Å²) in [6.07, 6.45) is 14.8. The summed E-state index contributed by atoms with van der Waals surface area (Å²) in [6, 6.07) is 3.81. The fraction of sp³-hybridized carbons (Fsp3) is 0.711. The molecule has 2 aromatic rings. The molecule has 6 aliphatic rings. The smallest absolute Gasteiger partial charge is 0.336 e. The summed E-state index contributed by atoms with van der Waals surface area (Å²) in [4.78, 5) is 33.6. The fourth-order valence-electron chi connectivity index (χ4n) is 11.5. The Morgan fingerprint density at radius 2 is 1.91 bits per heavy atom. The number of nitrogens with one attached hydrogen (secondary N) is 1. The van der Waals surface area contributed by atoms with Gasteiger partial charge in [0.25, 0.3) is 5.91 Å². The quantitative estimate of drug-likeness (QED) is 0.304. The molecule has 2 aliphatic heterocycles. The third kappa shape index (κ3) is 5.00. The van der Waals surface area contributed by atoms with Crippen molar-refractivity contribution in [2.45, 2.75) is 110 Å². The molecule has 1 aromatic heterocycles. The Kier molecular flexibility index (Phi) is 7.73. The van der Waals surface area contributed by atoms with Crippen molar-refractivity contribution in [1.29, 1.82) is 0 Å². The molecule has 4 aliphatic carbocycles. The Hall–Kier alpha value is -2.87. The number of benzene rings is 1. The Bertz CT molecular complexity index is 1610. The topological polar surface area (TPSA) is 104 Å². The summed E-state index contributed by atoms with van der Waals surface area (Å²) in [5.74, 6) is 2.59. The lowest BCUT2D eigenvalue weighted by Crippen LogP contribution is -2.54. The maximum absolute atomic E-state index is 12.8. The molecule has 0 saturated heterocycles. The molecule has 0 radical (unpaired) electrons. The zero-order valence-corrected chi connectivity index (χ0v) is 27.7. The fourth-order valence-corrected chi connectivity index (χ4v) is 11.5. The van der Waals surface area contributed by atoms with E-state index in [1.54, 1.807) is 6.07 Å². The number of aliphatic hydroxyl groups is 1. The van der Waals surface area contributed by atoms with Crippen molar-refractivity contribution in [2.75, 3.05) is 31.1 Å². The largest absolute Gasteiger partial charge is 0.422 e. The molecule has 1 aromatic carbocycles. The summed E-state index contributed by atoms with van der Waals surface area (Å²) in [7, 11) is 0. The number of fused-ring (bicyclic) bond motifs is 7. The van der Waals surface area contributed by atoms with Gasteiger partial charge in [-0.2, -0.15) is 0 Å². The number of oxime groups is 1. The van der Waals surface area contributed by atoms with Crippen molar-refractivity contribution >= 4 is 28.3 Å². The Labute approximate surface area is 272 Å². The van der Waals surface area contributed by atoms with Gasteiger partial charge in [-0.25, -0.2) is 4.79 Å². The first-order chi connectivity index (χ1) is 22.2. The summed E-state index contributed by atoms with van der Waals surface area (Å²) < 4.78 is 5.80. The number of aryl methyl sites for hydroxylation is 2. The van der Waals surface area contributed by atoms with Crippen LogP contribution in [0.25, 0.3) is 11.0 Å². The number of carbonyl (C=O) groups excluding carboxylic acids is 1. The van der Waals surface area contributed by atoms with Gasteiger partial charge in [-0.15, -0.1) is 0 Å². The second kappa shape index (κ2) is 11.7. The molecule has 0 spiro atoms. The van der Waals surface area contributed by atoms with E-state index in [1.165, 1.54) is 36.1 Å². The third-order valence-corrected chi connectivity index (χ3v) is 13.8. The summed E-state index contributed by atoms with van der Waals surface area (Å²) in [5.41, 5.74) is 6.73. The van der Waals surface area contributed by atoms with Crippen LogP contribution in [-0.2, 0) is 28.9 Å². The van der Waals surface area contributed by atoms with Gasteiger partial charge in [0.1, 0.15) is 5.58 Å². The molecule has 7 atom stereocenters. The molecule has 3 unspecified atom stereocenters. The van der Waals surface area contributed by atoms with Crippen LogP contribution in [-0.4, -0.2) is 49.1 Å². The van der Waals surface area contributed by atoms with Crippen LogP contribution in [0, 0.1) is 34.5 Å². The summed E-state index contributed by atoms with van der Waals surface area (Å²) in [5, 5.41) is 19.0. The van der Waals surface area contributed by atoms with Gasteiger partial charge >= 0.3 is 5.63 Å². The molecular formula is C38H51N3O5. The molecule has 4 saturated carbocycles. The van der Waals surface area contributed by atoms with E-state index in [9.17, 15) is 14.7 Å². The molecule has 46 heavy (non-hydrogen) atoms. The van der Waals surface area contributed by atoms with Crippen molar-refractivity contribution < 1.29 is 19.2 Å². The Morgan fingerprint density at radius 1 is 1.07 bits per heavy atom. The van der Waals surface area contributed by atoms with E-state index in [0.29, 0.717) is 30.2 Å². The average molecular weight is 630 g/mol. The van der Waals surface area contributed by atoms with E-state index in [2.05, 4.69) is 35.3 Å². The van der Waals surface area contributed by atoms with Crippen LogP contribution in [0.4, 0.5) is 5.69 Å². The van der Waals surface area contributed by atoms with Gasteiger partial charge in [-0.3, -0.25) is 4.79 Å². The second-order valence-corrected chi connectivity index (χ2v) is 16.0. The third-order valence-electron chi connectivity index (χ3n) is 13.8. The van der Waals surface area contributed by atoms with E-state index >= 15 is 0 Å². The van der Waals surface area contributed by atoms with E-state index in [1.807, 2.05) is 0 Å². The summed E-state index contributed by atoms with van der Waals surface area (Å²) in [6.45, 7) is 7.40. The van der Waals surface area contributed by atoms with Crippen LogP contribution < -0.4 is 15.8 Å². The average Bonchev–Trinajstić information content (AvgIpc) is 3.38. The van der Waals surface area contributed by atoms with Crippen molar-refractivity contribution in [2.24, 2.45) is 39.7 Å². The Morgan fingerprint density at radius 3 is 2.78 bits per heavy atom. The SMILES string of the molecule is C[C@]12CCC3C(CC[C@H]4C[C@H](O)CC[C@]34C)C1CC/C2=N\OCC(=O)NCCc1cc(=O)oc2c3c4c(cc12)CCCN4CCC3. The van der Waals surface area contributed by atoms with Crippen LogP contribution >= 0.6 is 0 Å². The highest BCUT2D eigenvalue weighted by molar-refractivity contribution is 5.92. The van der Waals surface area contributed by atoms with Crippen molar-refractivity contribution in [1.82, 2.24) is 5.32 Å². The first-order valence-corrected chi connectivity index (χ1v) is 18.2. The van der Waals surface area contributed by atoms with Crippen molar-refractivity contribution in [3.8, 4) is 0 Å². The number of nitrogens with zero attached hydrogens (tertiary/aromatic N) is 2. The number of aliphatic hydroxyl groups excluding tert-OH is 1. The Balaban J connectivity index is 0.888. The lowest BCUT2D eigenvalue weighted by atomic mass is 9.45. The number of amides is 1. The first kappa shape index (κ1) is 30.5. The molecular weight excluding hydrogens is 578 g/mol. The molecule has 4 fully saturated rings. The molecule has 8 nitrogen and oxygen atoms in total. The highest BCUT2D eigenvalue weighted by Gasteiger charge is 2.59. The van der Waals surface area contributed by atoms with Gasteiger partial charge < -0.3 is 24.6 Å².